The minimum absolute atomic E-state index is 0.0959. The number of carbonyl (C=O) groups is 2. The van der Waals surface area contributed by atoms with E-state index >= 15 is 0 Å². The van der Waals surface area contributed by atoms with E-state index in [4.69, 9.17) is 11.6 Å². The Morgan fingerprint density at radius 3 is 2.14 bits per heavy atom. The number of hydrogen-bond donors (Lipinski definition) is 3. The number of nitrogens with zero attached hydrogens (tertiary/aromatic N) is 1. The van der Waals surface area contributed by atoms with E-state index in [1.54, 1.807) is 54.7 Å². The summed E-state index contributed by atoms with van der Waals surface area (Å²) in [6.07, 6.45) is 2.63. The molecule has 9 nitrogen and oxygen atoms in total. The molecule has 4 aromatic rings. The molecule has 0 aliphatic heterocycles. The van der Waals surface area contributed by atoms with Crippen molar-refractivity contribution >= 4 is 50.5 Å². The monoisotopic (exact) mass is 536 g/mol. The van der Waals surface area contributed by atoms with Crippen molar-refractivity contribution in [2.45, 2.75) is 0 Å². The Hall–Kier alpha value is -4.41. The van der Waals surface area contributed by atoms with Crippen molar-refractivity contribution in [1.82, 2.24) is 4.57 Å². The van der Waals surface area contributed by atoms with Crippen LogP contribution < -0.4 is 20.9 Å². The van der Waals surface area contributed by atoms with Crippen molar-refractivity contribution in [1.29, 1.82) is 0 Å². The zero-order chi connectivity index (χ0) is 26.6. The molecule has 0 aliphatic rings. The highest BCUT2D eigenvalue weighted by molar-refractivity contribution is 7.92. The second kappa shape index (κ2) is 10.7. The molecule has 0 saturated heterocycles. The van der Waals surface area contributed by atoms with Crippen LogP contribution in [0.15, 0.2) is 95.9 Å². The zero-order valence-corrected chi connectivity index (χ0v) is 21.0. The second-order valence-electron chi connectivity index (χ2n) is 8.01. The van der Waals surface area contributed by atoms with Crippen LogP contribution in [0.25, 0.3) is 5.69 Å². The number of nitrogens with one attached hydrogen (secondary N) is 3. The van der Waals surface area contributed by atoms with Crippen LogP contribution in [-0.2, 0) is 10.0 Å². The van der Waals surface area contributed by atoms with Gasteiger partial charge in [-0.05, 0) is 72.8 Å². The van der Waals surface area contributed by atoms with Crippen molar-refractivity contribution < 1.29 is 18.0 Å². The van der Waals surface area contributed by atoms with Gasteiger partial charge in [0.05, 0.1) is 23.2 Å². The van der Waals surface area contributed by atoms with Crippen LogP contribution in [0.5, 0.6) is 0 Å². The lowest BCUT2D eigenvalue weighted by Crippen LogP contribution is -2.19. The van der Waals surface area contributed by atoms with Crippen LogP contribution in [0.2, 0.25) is 5.02 Å². The number of pyridine rings is 1. The molecule has 0 fully saturated rings. The second-order valence-corrected chi connectivity index (χ2v) is 10.2. The van der Waals surface area contributed by atoms with Gasteiger partial charge in [0.2, 0.25) is 10.0 Å². The van der Waals surface area contributed by atoms with Crippen LogP contribution in [0.3, 0.4) is 0 Å². The van der Waals surface area contributed by atoms with Gasteiger partial charge in [-0.25, -0.2) is 8.42 Å². The smallest absolute Gasteiger partial charge is 0.257 e. The van der Waals surface area contributed by atoms with Crippen LogP contribution in [-0.4, -0.2) is 31.1 Å². The van der Waals surface area contributed by atoms with E-state index < -0.39 is 21.8 Å². The fraction of sp³-hybridized carbons (Fsp3) is 0.0385. The summed E-state index contributed by atoms with van der Waals surface area (Å²) in [5, 5.41) is 5.86. The SMILES string of the molecule is CS(=O)(=O)Nc1ccc(C(=O)Nc2ccc(-n3ccccc3=O)cc2)c(NC(=O)c2ccc(Cl)cc2)c1. The van der Waals surface area contributed by atoms with E-state index in [0.717, 1.165) is 6.26 Å². The van der Waals surface area contributed by atoms with E-state index in [2.05, 4.69) is 15.4 Å². The van der Waals surface area contributed by atoms with Gasteiger partial charge in [-0.2, -0.15) is 0 Å². The Balaban J connectivity index is 1.60. The topological polar surface area (TPSA) is 126 Å². The van der Waals surface area contributed by atoms with Crippen molar-refractivity contribution in [3.8, 4) is 5.69 Å². The van der Waals surface area contributed by atoms with Gasteiger partial charge < -0.3 is 10.6 Å². The third kappa shape index (κ3) is 6.63. The third-order valence-corrected chi connectivity index (χ3v) is 6.01. The quantitative estimate of drug-likeness (QED) is 0.323. The lowest BCUT2D eigenvalue weighted by molar-refractivity contribution is 0.102. The number of carbonyl (C=O) groups excluding carboxylic acids is 2. The molecular weight excluding hydrogens is 516 g/mol. The molecule has 37 heavy (non-hydrogen) atoms. The minimum Gasteiger partial charge on any atom is -0.322 e. The van der Waals surface area contributed by atoms with E-state index in [0.29, 0.717) is 22.0 Å². The molecule has 188 valence electrons. The van der Waals surface area contributed by atoms with Gasteiger partial charge >= 0.3 is 0 Å². The summed E-state index contributed by atoms with van der Waals surface area (Å²) in [4.78, 5) is 38.0. The number of aromatic nitrogens is 1. The molecule has 11 heteroatoms. The first kappa shape index (κ1) is 25.7. The Kier molecular flexibility index (Phi) is 7.42. The fourth-order valence-corrected chi connectivity index (χ4v) is 4.14. The fourth-order valence-electron chi connectivity index (χ4n) is 3.46. The molecule has 0 radical (unpaired) electrons. The molecule has 0 saturated carbocycles. The first-order valence-corrected chi connectivity index (χ1v) is 13.1. The number of benzene rings is 3. The van der Waals surface area contributed by atoms with E-state index in [1.165, 1.54) is 41.0 Å². The van der Waals surface area contributed by atoms with E-state index in [9.17, 15) is 22.8 Å². The Morgan fingerprint density at radius 2 is 1.49 bits per heavy atom. The van der Waals surface area contributed by atoms with Gasteiger partial charge in [0.25, 0.3) is 17.4 Å². The summed E-state index contributed by atoms with van der Waals surface area (Å²) in [7, 11) is -3.59. The molecule has 0 atom stereocenters. The molecule has 3 N–H and O–H groups in total. The van der Waals surface area contributed by atoms with Crippen molar-refractivity contribution in [2.75, 3.05) is 21.6 Å². The molecule has 0 aliphatic carbocycles. The van der Waals surface area contributed by atoms with Gasteiger partial charge in [-0.3, -0.25) is 23.7 Å². The summed E-state index contributed by atoms with van der Waals surface area (Å²) in [6, 6.07) is 21.8. The highest BCUT2D eigenvalue weighted by Gasteiger charge is 2.17. The first-order valence-electron chi connectivity index (χ1n) is 10.9. The van der Waals surface area contributed by atoms with E-state index in [1.807, 2.05) is 0 Å². The molecule has 1 aromatic heterocycles. The number of hydrogen-bond acceptors (Lipinski definition) is 5. The molecule has 0 spiro atoms. The average molecular weight is 537 g/mol. The molecule has 4 rings (SSSR count). The van der Waals surface area contributed by atoms with Crippen molar-refractivity contribution in [3.63, 3.8) is 0 Å². The predicted molar refractivity (Wildman–Crippen MR) is 144 cm³/mol. The van der Waals surface area contributed by atoms with Gasteiger partial charge in [-0.1, -0.05) is 17.7 Å². The highest BCUT2D eigenvalue weighted by Crippen LogP contribution is 2.24. The predicted octanol–water partition coefficient (Wildman–Crippen LogP) is 4.37. The maximum atomic E-state index is 13.1. The van der Waals surface area contributed by atoms with Gasteiger partial charge in [0, 0.05) is 34.2 Å². The Morgan fingerprint density at radius 1 is 0.811 bits per heavy atom. The van der Waals surface area contributed by atoms with Crippen molar-refractivity contribution in [3.05, 3.63) is 118 Å². The lowest BCUT2D eigenvalue weighted by atomic mass is 10.1. The van der Waals surface area contributed by atoms with Crippen LogP contribution in [0, 0.1) is 0 Å². The average Bonchev–Trinajstić information content (AvgIpc) is 2.84. The minimum atomic E-state index is -3.59. The maximum absolute atomic E-state index is 13.1. The number of halogens is 1. The van der Waals surface area contributed by atoms with Gasteiger partial charge in [0.15, 0.2) is 0 Å². The molecule has 1 heterocycles. The molecule has 0 bridgehead atoms. The molecule has 3 aromatic carbocycles. The van der Waals surface area contributed by atoms with Gasteiger partial charge in [-0.15, -0.1) is 0 Å². The molecule has 2 amide bonds. The first-order chi connectivity index (χ1) is 17.6. The summed E-state index contributed by atoms with van der Waals surface area (Å²) in [6.45, 7) is 0. The molecular formula is C26H21ClN4O5S. The largest absolute Gasteiger partial charge is 0.322 e. The van der Waals surface area contributed by atoms with Crippen LogP contribution >= 0.6 is 11.6 Å². The Bertz CT molecular complexity index is 1630. The van der Waals surface area contributed by atoms with Crippen molar-refractivity contribution in [2.24, 2.45) is 0 Å². The summed E-state index contributed by atoms with van der Waals surface area (Å²) < 4.78 is 27.2. The number of sulfonamides is 1. The number of anilines is 3. The zero-order valence-electron chi connectivity index (χ0n) is 19.4. The lowest BCUT2D eigenvalue weighted by Gasteiger charge is -2.14. The molecule has 0 unspecified atom stereocenters. The summed E-state index contributed by atoms with van der Waals surface area (Å²) in [5.74, 6) is -1.05. The maximum Gasteiger partial charge on any atom is 0.257 e. The summed E-state index contributed by atoms with van der Waals surface area (Å²) in [5.41, 5.74) is 1.54. The number of amides is 2. The van der Waals surface area contributed by atoms with Gasteiger partial charge in [0.1, 0.15) is 0 Å². The summed E-state index contributed by atoms with van der Waals surface area (Å²) >= 11 is 5.89. The highest BCUT2D eigenvalue weighted by atomic mass is 35.5. The third-order valence-electron chi connectivity index (χ3n) is 5.15. The number of rotatable bonds is 7. The van der Waals surface area contributed by atoms with Crippen LogP contribution in [0.1, 0.15) is 20.7 Å². The Labute approximate surface area is 217 Å². The standard InChI is InChI=1S/C26H21ClN4O5S/c1-37(35,36)30-20-11-14-22(23(16-20)29-25(33)17-5-7-18(27)8-6-17)26(34)28-19-9-12-21(13-10-19)31-15-3-2-4-24(31)32/h2-16,30H,1H3,(H,28,34)(H,29,33). The van der Waals surface area contributed by atoms with E-state index in [-0.39, 0.29) is 22.5 Å². The normalized spacial score (nSPS) is 11.0. The van der Waals surface area contributed by atoms with Crippen LogP contribution in [0.4, 0.5) is 17.1 Å².